The number of fused-ring (bicyclic) bond motifs is 1. The van der Waals surface area contributed by atoms with Crippen molar-refractivity contribution >= 4 is 0 Å². The van der Waals surface area contributed by atoms with E-state index in [0.717, 1.165) is 12.1 Å². The molecule has 3 rings (SSSR count). The van der Waals surface area contributed by atoms with Gasteiger partial charge in [0, 0.05) is 11.6 Å². The van der Waals surface area contributed by atoms with Crippen LogP contribution in [0, 0.1) is 17.2 Å². The van der Waals surface area contributed by atoms with Gasteiger partial charge < -0.3 is 9.84 Å². The molecule has 0 saturated heterocycles. The Hall–Kier alpha value is -1.73. The topological polar surface area (TPSA) is 65.3 Å². The summed E-state index contributed by atoms with van der Waals surface area (Å²) in [7, 11) is 0. The summed E-state index contributed by atoms with van der Waals surface area (Å²) in [6, 6.07) is 7.24. The van der Waals surface area contributed by atoms with Gasteiger partial charge in [0.1, 0.15) is 18.1 Å². The molecule has 0 aromatic heterocycles. The van der Waals surface area contributed by atoms with Crippen LogP contribution >= 0.6 is 0 Å². The molecule has 17 heavy (non-hydrogen) atoms. The molecule has 1 unspecified atom stereocenters. The molecule has 1 aliphatic carbocycles. The van der Waals surface area contributed by atoms with Crippen LogP contribution in [-0.2, 0) is 5.54 Å². The second-order valence-corrected chi connectivity index (χ2v) is 4.81. The third-order valence-corrected chi connectivity index (χ3v) is 3.45. The van der Waals surface area contributed by atoms with Crippen LogP contribution in [0.5, 0.6) is 11.5 Å². The number of benzene rings is 1. The van der Waals surface area contributed by atoms with Crippen molar-refractivity contribution in [1.29, 1.82) is 5.26 Å². The Morgan fingerprint density at radius 1 is 1.53 bits per heavy atom. The van der Waals surface area contributed by atoms with Gasteiger partial charge in [0.25, 0.3) is 0 Å². The molecule has 0 bridgehead atoms. The van der Waals surface area contributed by atoms with Crippen molar-refractivity contribution < 1.29 is 9.84 Å². The van der Waals surface area contributed by atoms with Crippen LogP contribution in [-0.4, -0.2) is 18.3 Å². The molecule has 2 aliphatic rings. The fourth-order valence-corrected chi connectivity index (χ4v) is 2.17. The third-order valence-electron chi connectivity index (χ3n) is 3.45. The minimum absolute atomic E-state index is 0.166. The minimum atomic E-state index is -0.744. The normalized spacial score (nSPS) is 26.1. The fourth-order valence-electron chi connectivity index (χ4n) is 2.17. The van der Waals surface area contributed by atoms with Crippen molar-refractivity contribution in [3.63, 3.8) is 0 Å². The van der Waals surface area contributed by atoms with E-state index in [9.17, 15) is 10.4 Å². The zero-order valence-electron chi connectivity index (χ0n) is 9.44. The van der Waals surface area contributed by atoms with Gasteiger partial charge in [0.2, 0.25) is 0 Å². The predicted molar refractivity (Wildman–Crippen MR) is 61.6 cm³/mol. The Kier molecular flexibility index (Phi) is 2.23. The Morgan fingerprint density at radius 3 is 3.06 bits per heavy atom. The number of ether oxygens (including phenoxy) is 1. The van der Waals surface area contributed by atoms with Crippen molar-refractivity contribution in [3.05, 3.63) is 23.8 Å². The summed E-state index contributed by atoms with van der Waals surface area (Å²) >= 11 is 0. The standard InChI is InChI=1S/C13H14N2O2/c14-7-13(15-6-9-1-2-9)8-17-12-5-10(16)3-4-11(12)13/h3-5,9,15-16H,1-2,6,8H2. The summed E-state index contributed by atoms with van der Waals surface area (Å²) < 4.78 is 5.49. The molecular formula is C13H14N2O2. The number of rotatable bonds is 3. The molecule has 2 N–H and O–H groups in total. The van der Waals surface area contributed by atoms with Gasteiger partial charge in [0.05, 0.1) is 6.07 Å². The smallest absolute Gasteiger partial charge is 0.170 e. The first-order valence-electron chi connectivity index (χ1n) is 5.86. The molecule has 1 aliphatic heterocycles. The molecular weight excluding hydrogens is 216 g/mol. The number of nitriles is 1. The van der Waals surface area contributed by atoms with E-state index < -0.39 is 5.54 Å². The minimum Gasteiger partial charge on any atom is -0.508 e. The zero-order chi connectivity index (χ0) is 11.9. The molecule has 1 fully saturated rings. The SMILES string of the molecule is N#CC1(NCC2CC2)COc2cc(O)ccc21. The molecule has 0 amide bonds. The Morgan fingerprint density at radius 2 is 2.35 bits per heavy atom. The Labute approximate surface area is 99.8 Å². The third kappa shape index (κ3) is 1.73. The van der Waals surface area contributed by atoms with E-state index in [1.165, 1.54) is 12.8 Å². The van der Waals surface area contributed by atoms with E-state index in [2.05, 4.69) is 11.4 Å². The average Bonchev–Trinajstić information content (AvgIpc) is 3.10. The first-order valence-corrected chi connectivity index (χ1v) is 5.86. The van der Waals surface area contributed by atoms with Gasteiger partial charge in [-0.05, 0) is 37.4 Å². The van der Waals surface area contributed by atoms with Crippen molar-refractivity contribution in [1.82, 2.24) is 5.32 Å². The fraction of sp³-hybridized carbons (Fsp3) is 0.462. The number of hydrogen-bond acceptors (Lipinski definition) is 4. The lowest BCUT2D eigenvalue weighted by molar-refractivity contribution is 0.269. The number of phenolic OH excluding ortho intramolecular Hbond substituents is 1. The molecule has 1 atom stereocenters. The van der Waals surface area contributed by atoms with Gasteiger partial charge >= 0.3 is 0 Å². The summed E-state index contributed by atoms with van der Waals surface area (Å²) in [6.07, 6.45) is 2.50. The highest BCUT2D eigenvalue weighted by atomic mass is 16.5. The molecule has 4 nitrogen and oxygen atoms in total. The van der Waals surface area contributed by atoms with E-state index in [0.29, 0.717) is 18.3 Å². The highest BCUT2D eigenvalue weighted by Gasteiger charge is 2.42. The van der Waals surface area contributed by atoms with E-state index in [-0.39, 0.29) is 5.75 Å². The Bertz CT molecular complexity index is 491. The van der Waals surface area contributed by atoms with Crippen molar-refractivity contribution in [2.24, 2.45) is 5.92 Å². The van der Waals surface area contributed by atoms with Gasteiger partial charge in [-0.25, -0.2) is 0 Å². The lowest BCUT2D eigenvalue weighted by atomic mass is 9.93. The molecule has 0 radical (unpaired) electrons. The highest BCUT2D eigenvalue weighted by molar-refractivity contribution is 5.50. The van der Waals surface area contributed by atoms with Gasteiger partial charge in [-0.1, -0.05) is 0 Å². The van der Waals surface area contributed by atoms with Gasteiger partial charge in [-0.2, -0.15) is 5.26 Å². The van der Waals surface area contributed by atoms with E-state index >= 15 is 0 Å². The maximum Gasteiger partial charge on any atom is 0.170 e. The summed E-state index contributed by atoms with van der Waals surface area (Å²) in [5.41, 5.74) is 0.0875. The lowest BCUT2D eigenvalue weighted by Crippen LogP contribution is -2.43. The van der Waals surface area contributed by atoms with Crippen LogP contribution in [0.25, 0.3) is 0 Å². The van der Waals surface area contributed by atoms with Crippen molar-refractivity contribution in [2.75, 3.05) is 13.2 Å². The quantitative estimate of drug-likeness (QED) is 0.826. The second kappa shape index (κ2) is 3.64. The summed E-state index contributed by atoms with van der Waals surface area (Å²) in [4.78, 5) is 0. The van der Waals surface area contributed by atoms with Crippen LogP contribution in [0.15, 0.2) is 18.2 Å². The second-order valence-electron chi connectivity index (χ2n) is 4.81. The molecule has 1 aromatic carbocycles. The van der Waals surface area contributed by atoms with Crippen LogP contribution in [0.3, 0.4) is 0 Å². The predicted octanol–water partition coefficient (Wildman–Crippen LogP) is 1.50. The maximum absolute atomic E-state index is 9.41. The molecule has 4 heteroatoms. The van der Waals surface area contributed by atoms with E-state index in [1.54, 1.807) is 18.2 Å². The Balaban J connectivity index is 1.89. The summed E-state index contributed by atoms with van der Waals surface area (Å²) in [5.74, 6) is 1.48. The van der Waals surface area contributed by atoms with Crippen molar-refractivity contribution in [3.8, 4) is 17.6 Å². The van der Waals surface area contributed by atoms with E-state index in [1.807, 2.05) is 0 Å². The molecule has 1 heterocycles. The molecule has 88 valence electrons. The largest absolute Gasteiger partial charge is 0.508 e. The molecule has 0 spiro atoms. The van der Waals surface area contributed by atoms with Crippen LogP contribution in [0.1, 0.15) is 18.4 Å². The number of nitrogens with one attached hydrogen (secondary N) is 1. The van der Waals surface area contributed by atoms with Gasteiger partial charge in [0.15, 0.2) is 5.54 Å². The monoisotopic (exact) mass is 230 g/mol. The molecule has 1 aromatic rings. The first kappa shape index (κ1) is 10.4. The number of nitrogens with zero attached hydrogens (tertiary/aromatic N) is 1. The maximum atomic E-state index is 9.41. The zero-order valence-corrected chi connectivity index (χ0v) is 9.44. The molecule has 1 saturated carbocycles. The number of phenols is 1. The average molecular weight is 230 g/mol. The number of hydrogen-bond donors (Lipinski definition) is 2. The summed E-state index contributed by atoms with van der Waals surface area (Å²) in [6.45, 7) is 1.17. The highest BCUT2D eigenvalue weighted by Crippen LogP contribution is 2.39. The van der Waals surface area contributed by atoms with Gasteiger partial charge in [-0.3, -0.25) is 5.32 Å². The summed E-state index contributed by atoms with van der Waals surface area (Å²) in [5, 5.41) is 22.1. The van der Waals surface area contributed by atoms with Crippen LogP contribution in [0.2, 0.25) is 0 Å². The number of aromatic hydroxyl groups is 1. The van der Waals surface area contributed by atoms with E-state index in [4.69, 9.17) is 4.74 Å². The first-order chi connectivity index (χ1) is 8.23. The van der Waals surface area contributed by atoms with Gasteiger partial charge in [-0.15, -0.1) is 0 Å². The van der Waals surface area contributed by atoms with Crippen LogP contribution in [0.4, 0.5) is 0 Å². The van der Waals surface area contributed by atoms with Crippen LogP contribution < -0.4 is 10.1 Å². The lowest BCUT2D eigenvalue weighted by Gasteiger charge is -2.21. The van der Waals surface area contributed by atoms with Crippen molar-refractivity contribution in [2.45, 2.75) is 18.4 Å².